The molecule has 1 heterocycles. The average molecular weight is 419 g/mol. The van der Waals surface area contributed by atoms with E-state index in [1.165, 1.54) is 0 Å². The van der Waals surface area contributed by atoms with Crippen LogP contribution in [0.2, 0.25) is 0 Å². The third kappa shape index (κ3) is 3.89. The maximum atomic E-state index is 5.89. The Kier molecular flexibility index (Phi) is 5.01. The van der Waals surface area contributed by atoms with Gasteiger partial charge in [-0.05, 0) is 66.7 Å². The van der Waals surface area contributed by atoms with E-state index in [2.05, 4.69) is 39.4 Å². The van der Waals surface area contributed by atoms with Gasteiger partial charge in [-0.1, -0.05) is 36.4 Å². The highest BCUT2D eigenvalue weighted by Gasteiger charge is 2.14. The zero-order valence-corrected chi connectivity index (χ0v) is 17.2. The molecule has 6 nitrogen and oxygen atoms in total. The van der Waals surface area contributed by atoms with Gasteiger partial charge in [0.1, 0.15) is 0 Å². The maximum absolute atomic E-state index is 5.89. The second kappa shape index (κ2) is 8.28. The Morgan fingerprint density at radius 3 is 1.53 bits per heavy atom. The second-order valence-corrected chi connectivity index (χ2v) is 7.35. The van der Waals surface area contributed by atoms with Crippen molar-refractivity contribution in [3.05, 3.63) is 103 Å². The van der Waals surface area contributed by atoms with Gasteiger partial charge in [0, 0.05) is 39.6 Å². The van der Waals surface area contributed by atoms with Crippen LogP contribution >= 0.6 is 0 Å². The van der Waals surface area contributed by atoms with Crippen molar-refractivity contribution in [2.45, 2.75) is 0 Å². The van der Waals surface area contributed by atoms with Crippen LogP contribution in [0.25, 0.3) is 22.9 Å². The van der Waals surface area contributed by atoms with Gasteiger partial charge in [0.2, 0.25) is 11.8 Å². The molecule has 0 unspecified atom stereocenters. The normalized spacial score (nSPS) is 10.8. The minimum absolute atomic E-state index is 0.373. The summed E-state index contributed by atoms with van der Waals surface area (Å²) in [6.45, 7) is 0. The second-order valence-electron chi connectivity index (χ2n) is 7.35. The third-order valence-corrected chi connectivity index (χ3v) is 5.05. The third-order valence-electron chi connectivity index (χ3n) is 5.05. The standard InChI is InChI=1S/C26H21N5O/c27-20-15-19(16-21(28)17-20)26-30-29-25(32-26)18-11-13-24(14-12-18)31(22-7-3-1-4-8-22)23-9-5-2-6-10-23/h1-17H,27-28H2. The Hall–Kier alpha value is -4.58. The van der Waals surface area contributed by atoms with E-state index in [4.69, 9.17) is 15.9 Å². The van der Waals surface area contributed by atoms with Crippen molar-refractivity contribution in [2.24, 2.45) is 0 Å². The number of benzene rings is 4. The van der Waals surface area contributed by atoms with Crippen LogP contribution in [0, 0.1) is 0 Å². The van der Waals surface area contributed by atoms with Crippen LogP contribution in [0.5, 0.6) is 0 Å². The molecule has 156 valence electrons. The Morgan fingerprint density at radius 1 is 0.531 bits per heavy atom. The summed E-state index contributed by atoms with van der Waals surface area (Å²) in [5.41, 5.74) is 17.5. The molecule has 0 fully saturated rings. The Morgan fingerprint density at radius 2 is 1.00 bits per heavy atom. The molecular formula is C26H21N5O. The first-order valence-electron chi connectivity index (χ1n) is 10.2. The van der Waals surface area contributed by atoms with E-state index < -0.39 is 0 Å². The number of nitrogens with zero attached hydrogens (tertiary/aromatic N) is 3. The SMILES string of the molecule is Nc1cc(N)cc(-c2nnc(-c3ccc(N(c4ccccc4)c4ccccc4)cc3)o2)c1. The monoisotopic (exact) mass is 419 g/mol. The summed E-state index contributed by atoms with van der Waals surface area (Å²) in [6, 6.07) is 33.7. The Bertz CT molecular complexity index is 1270. The number of nitrogens with two attached hydrogens (primary N) is 2. The molecule has 4 aromatic carbocycles. The molecule has 0 atom stereocenters. The van der Waals surface area contributed by atoms with Gasteiger partial charge in [-0.25, -0.2) is 0 Å². The number of aromatic nitrogens is 2. The summed E-state index contributed by atoms with van der Waals surface area (Å²) in [6.07, 6.45) is 0. The lowest BCUT2D eigenvalue weighted by atomic mass is 10.1. The lowest BCUT2D eigenvalue weighted by Crippen LogP contribution is -2.09. The van der Waals surface area contributed by atoms with Crippen molar-refractivity contribution in [1.29, 1.82) is 0 Å². The van der Waals surface area contributed by atoms with Crippen molar-refractivity contribution in [3.63, 3.8) is 0 Å². The zero-order chi connectivity index (χ0) is 21.9. The van der Waals surface area contributed by atoms with Crippen molar-refractivity contribution in [1.82, 2.24) is 10.2 Å². The average Bonchev–Trinajstić information content (AvgIpc) is 3.31. The maximum Gasteiger partial charge on any atom is 0.248 e. The molecule has 0 aliphatic heterocycles. The highest BCUT2D eigenvalue weighted by atomic mass is 16.4. The van der Waals surface area contributed by atoms with Crippen LogP contribution < -0.4 is 16.4 Å². The van der Waals surface area contributed by atoms with E-state index in [1.54, 1.807) is 18.2 Å². The number of anilines is 5. The molecule has 0 saturated carbocycles. The highest BCUT2D eigenvalue weighted by molar-refractivity contribution is 5.77. The van der Waals surface area contributed by atoms with Crippen molar-refractivity contribution >= 4 is 28.4 Å². The van der Waals surface area contributed by atoms with Gasteiger partial charge < -0.3 is 20.8 Å². The number of para-hydroxylation sites is 2. The minimum Gasteiger partial charge on any atom is -0.416 e. The van der Waals surface area contributed by atoms with Crippen LogP contribution in [-0.4, -0.2) is 10.2 Å². The largest absolute Gasteiger partial charge is 0.416 e. The number of nitrogen functional groups attached to an aromatic ring is 2. The topological polar surface area (TPSA) is 94.2 Å². The molecular weight excluding hydrogens is 398 g/mol. The number of hydrogen-bond donors (Lipinski definition) is 2. The van der Waals surface area contributed by atoms with E-state index in [0.717, 1.165) is 22.6 Å². The van der Waals surface area contributed by atoms with Crippen LogP contribution in [0.3, 0.4) is 0 Å². The van der Waals surface area contributed by atoms with Gasteiger partial charge in [-0.2, -0.15) is 0 Å². The first-order chi connectivity index (χ1) is 15.7. The molecule has 0 aliphatic rings. The van der Waals surface area contributed by atoms with Crippen LogP contribution in [0.4, 0.5) is 28.4 Å². The predicted octanol–water partition coefficient (Wildman–Crippen LogP) is 6.04. The first kappa shape index (κ1) is 19.4. The quantitative estimate of drug-likeness (QED) is 0.337. The summed E-state index contributed by atoms with van der Waals surface area (Å²) in [5, 5.41) is 8.36. The van der Waals surface area contributed by atoms with E-state index in [0.29, 0.717) is 28.7 Å². The summed E-state index contributed by atoms with van der Waals surface area (Å²) < 4.78 is 5.89. The van der Waals surface area contributed by atoms with Gasteiger partial charge in [0.25, 0.3) is 0 Å². The summed E-state index contributed by atoms with van der Waals surface area (Å²) in [4.78, 5) is 2.19. The predicted molar refractivity (Wildman–Crippen MR) is 129 cm³/mol. The molecule has 32 heavy (non-hydrogen) atoms. The molecule has 0 bridgehead atoms. The molecule has 4 N–H and O–H groups in total. The Labute approximate surface area is 185 Å². The molecule has 0 saturated heterocycles. The van der Waals surface area contributed by atoms with Gasteiger partial charge in [0.15, 0.2) is 0 Å². The summed E-state index contributed by atoms with van der Waals surface area (Å²) in [7, 11) is 0. The molecule has 6 heteroatoms. The van der Waals surface area contributed by atoms with Crippen molar-refractivity contribution < 1.29 is 4.42 Å². The number of rotatable bonds is 5. The molecule has 0 aliphatic carbocycles. The smallest absolute Gasteiger partial charge is 0.248 e. The molecule has 1 aromatic heterocycles. The summed E-state index contributed by atoms with van der Waals surface area (Å²) >= 11 is 0. The van der Waals surface area contributed by atoms with Gasteiger partial charge >= 0.3 is 0 Å². The minimum atomic E-state index is 0.373. The van der Waals surface area contributed by atoms with Crippen LogP contribution in [-0.2, 0) is 0 Å². The lowest BCUT2D eigenvalue weighted by molar-refractivity contribution is 0.584. The van der Waals surface area contributed by atoms with E-state index in [9.17, 15) is 0 Å². The molecule has 5 rings (SSSR count). The molecule has 0 amide bonds. The van der Waals surface area contributed by atoms with Gasteiger partial charge in [-0.3, -0.25) is 0 Å². The fourth-order valence-electron chi connectivity index (χ4n) is 3.61. The fourth-order valence-corrected chi connectivity index (χ4v) is 3.61. The van der Waals surface area contributed by atoms with Crippen LogP contribution in [0.1, 0.15) is 0 Å². The van der Waals surface area contributed by atoms with Gasteiger partial charge in [-0.15, -0.1) is 10.2 Å². The zero-order valence-electron chi connectivity index (χ0n) is 17.2. The first-order valence-corrected chi connectivity index (χ1v) is 10.2. The number of hydrogen-bond acceptors (Lipinski definition) is 6. The van der Waals surface area contributed by atoms with E-state index in [1.807, 2.05) is 60.7 Å². The molecule has 0 radical (unpaired) electrons. The van der Waals surface area contributed by atoms with E-state index >= 15 is 0 Å². The molecule has 5 aromatic rings. The van der Waals surface area contributed by atoms with Crippen molar-refractivity contribution in [3.8, 4) is 22.9 Å². The fraction of sp³-hybridized carbons (Fsp3) is 0. The lowest BCUT2D eigenvalue weighted by Gasteiger charge is -2.25. The van der Waals surface area contributed by atoms with Crippen LogP contribution in [0.15, 0.2) is 108 Å². The summed E-state index contributed by atoms with van der Waals surface area (Å²) in [5.74, 6) is 0.803. The van der Waals surface area contributed by atoms with E-state index in [-0.39, 0.29) is 0 Å². The van der Waals surface area contributed by atoms with Crippen molar-refractivity contribution in [2.75, 3.05) is 16.4 Å². The van der Waals surface area contributed by atoms with Gasteiger partial charge in [0.05, 0.1) is 0 Å². The Balaban J connectivity index is 1.48. The molecule has 0 spiro atoms. The highest BCUT2D eigenvalue weighted by Crippen LogP contribution is 2.35.